The summed E-state index contributed by atoms with van der Waals surface area (Å²) in [7, 11) is 1.54. The van der Waals surface area contributed by atoms with Gasteiger partial charge >= 0.3 is 0 Å². The number of hydrogen-bond donors (Lipinski definition) is 3. The number of methoxy groups -OCH3 is 1. The number of rotatable bonds is 3. The smallest absolute Gasteiger partial charge is 0.231 e. The highest BCUT2D eigenvalue weighted by atomic mass is 16.5. The van der Waals surface area contributed by atoms with Gasteiger partial charge in [-0.3, -0.25) is 0 Å². The highest BCUT2D eigenvalue weighted by Crippen LogP contribution is 2.02. The number of nitrogens with one attached hydrogen (secondary N) is 1. The highest BCUT2D eigenvalue weighted by molar-refractivity contribution is 5.36. The van der Waals surface area contributed by atoms with Gasteiger partial charge in [0, 0.05) is 7.11 Å². The zero-order valence-electron chi connectivity index (χ0n) is 6.61. The van der Waals surface area contributed by atoms with Crippen LogP contribution in [0.25, 0.3) is 0 Å². The Morgan fingerprint density at radius 1 is 1.25 bits per heavy atom. The molecule has 0 unspecified atom stereocenters. The van der Waals surface area contributed by atoms with Crippen molar-refractivity contribution in [2.24, 2.45) is 0 Å². The molecule has 0 aromatic carbocycles. The van der Waals surface area contributed by atoms with E-state index in [0.717, 1.165) is 0 Å². The van der Waals surface area contributed by atoms with Crippen LogP contribution >= 0.6 is 0 Å². The molecular weight excluding hydrogens is 160 g/mol. The summed E-state index contributed by atoms with van der Waals surface area (Å²) in [4.78, 5) is 11.1. The normalized spacial score (nSPS) is 9.75. The van der Waals surface area contributed by atoms with Gasteiger partial charge in [0.05, 0.1) is 0 Å². The lowest BCUT2D eigenvalue weighted by molar-refractivity contribution is 0.220. The zero-order valence-corrected chi connectivity index (χ0v) is 6.61. The van der Waals surface area contributed by atoms with Gasteiger partial charge in [0.1, 0.15) is 6.73 Å². The number of hydrogen-bond acceptors (Lipinski definition) is 7. The third-order valence-electron chi connectivity index (χ3n) is 1.04. The molecule has 0 atom stereocenters. The van der Waals surface area contributed by atoms with Crippen LogP contribution in [0.1, 0.15) is 0 Å². The Labute approximate surface area is 69.2 Å². The van der Waals surface area contributed by atoms with Gasteiger partial charge in [-0.05, 0) is 0 Å². The van der Waals surface area contributed by atoms with E-state index >= 15 is 0 Å². The van der Waals surface area contributed by atoms with Crippen molar-refractivity contribution in [2.75, 3.05) is 30.6 Å². The van der Waals surface area contributed by atoms with E-state index in [4.69, 9.17) is 16.2 Å². The first-order valence-electron chi connectivity index (χ1n) is 3.22. The molecule has 0 spiro atoms. The number of nitrogens with two attached hydrogens (primary N) is 2. The molecule has 0 aliphatic carbocycles. The summed E-state index contributed by atoms with van der Waals surface area (Å²) in [5.41, 5.74) is 10.6. The fourth-order valence-electron chi connectivity index (χ4n) is 0.625. The molecule has 0 radical (unpaired) electrons. The molecule has 0 saturated carbocycles. The molecular formula is C5H10N6O. The van der Waals surface area contributed by atoms with Crippen molar-refractivity contribution in [3.8, 4) is 0 Å². The number of aromatic nitrogens is 3. The molecule has 66 valence electrons. The van der Waals surface area contributed by atoms with E-state index in [9.17, 15) is 0 Å². The second-order valence-electron chi connectivity index (χ2n) is 1.99. The van der Waals surface area contributed by atoms with Crippen molar-refractivity contribution in [2.45, 2.75) is 0 Å². The van der Waals surface area contributed by atoms with Gasteiger partial charge in [-0.15, -0.1) is 0 Å². The van der Waals surface area contributed by atoms with E-state index < -0.39 is 0 Å². The van der Waals surface area contributed by atoms with Crippen LogP contribution in [0.3, 0.4) is 0 Å². The Hall–Kier alpha value is -1.63. The third kappa shape index (κ3) is 2.20. The van der Waals surface area contributed by atoms with E-state index in [1.807, 2.05) is 0 Å². The minimum absolute atomic E-state index is 0.0844. The van der Waals surface area contributed by atoms with Gasteiger partial charge in [0.2, 0.25) is 17.8 Å². The molecule has 1 heterocycles. The molecule has 5 N–H and O–H groups in total. The molecule has 0 amide bonds. The lowest BCUT2D eigenvalue weighted by atomic mass is 10.8. The van der Waals surface area contributed by atoms with Crippen molar-refractivity contribution in [3.63, 3.8) is 0 Å². The van der Waals surface area contributed by atoms with Crippen molar-refractivity contribution >= 4 is 17.8 Å². The molecule has 1 rings (SSSR count). The monoisotopic (exact) mass is 170 g/mol. The van der Waals surface area contributed by atoms with Crippen LogP contribution in [0.5, 0.6) is 0 Å². The van der Waals surface area contributed by atoms with Crippen LogP contribution < -0.4 is 16.8 Å². The van der Waals surface area contributed by atoms with E-state index in [2.05, 4.69) is 20.3 Å². The Bertz CT molecular complexity index is 244. The standard InChI is InChI=1S/C5H10N6O/c1-12-2-8-5-10-3(6)9-4(7)11-5/h2H2,1H3,(H5,6,7,8,9,10,11). The highest BCUT2D eigenvalue weighted by Gasteiger charge is 1.98. The van der Waals surface area contributed by atoms with Crippen LogP contribution in [0.15, 0.2) is 0 Å². The minimum atomic E-state index is 0.0844. The van der Waals surface area contributed by atoms with Crippen LogP contribution in [0.2, 0.25) is 0 Å². The second-order valence-corrected chi connectivity index (χ2v) is 1.99. The summed E-state index contributed by atoms with van der Waals surface area (Å²) in [5.74, 6) is 0.476. The zero-order chi connectivity index (χ0) is 8.97. The van der Waals surface area contributed by atoms with Crippen LogP contribution in [0.4, 0.5) is 17.8 Å². The fraction of sp³-hybridized carbons (Fsp3) is 0.400. The van der Waals surface area contributed by atoms with Crippen molar-refractivity contribution in [1.29, 1.82) is 0 Å². The molecule has 1 aromatic rings. The van der Waals surface area contributed by atoms with Crippen molar-refractivity contribution < 1.29 is 4.74 Å². The van der Waals surface area contributed by atoms with Crippen molar-refractivity contribution in [1.82, 2.24) is 15.0 Å². The van der Waals surface area contributed by atoms with E-state index in [1.165, 1.54) is 0 Å². The molecule has 0 aliphatic heterocycles. The Kier molecular flexibility index (Phi) is 2.59. The molecule has 7 nitrogen and oxygen atoms in total. The fourth-order valence-corrected chi connectivity index (χ4v) is 0.625. The molecule has 7 heteroatoms. The van der Waals surface area contributed by atoms with E-state index in [0.29, 0.717) is 12.7 Å². The number of nitrogen functional groups attached to an aromatic ring is 2. The van der Waals surface area contributed by atoms with Gasteiger partial charge in [-0.25, -0.2) is 0 Å². The topological polar surface area (TPSA) is 112 Å². The first kappa shape index (κ1) is 8.47. The average molecular weight is 170 g/mol. The summed E-state index contributed by atoms with van der Waals surface area (Å²) in [6.45, 7) is 0.295. The van der Waals surface area contributed by atoms with Gasteiger partial charge in [0.25, 0.3) is 0 Å². The quantitative estimate of drug-likeness (QED) is 0.501. The van der Waals surface area contributed by atoms with Gasteiger partial charge in [0.15, 0.2) is 0 Å². The van der Waals surface area contributed by atoms with Crippen molar-refractivity contribution in [3.05, 3.63) is 0 Å². The van der Waals surface area contributed by atoms with E-state index in [1.54, 1.807) is 7.11 Å². The largest absolute Gasteiger partial charge is 0.368 e. The van der Waals surface area contributed by atoms with Crippen LogP contribution in [-0.2, 0) is 4.74 Å². The van der Waals surface area contributed by atoms with Crippen LogP contribution in [0, 0.1) is 0 Å². The SMILES string of the molecule is COCNc1nc(N)nc(N)n1. The molecule has 0 aliphatic rings. The predicted octanol–water partition coefficient (Wildman–Crippen LogP) is -0.948. The maximum atomic E-state index is 5.31. The Morgan fingerprint density at radius 2 is 1.83 bits per heavy atom. The predicted molar refractivity (Wildman–Crippen MR) is 44.2 cm³/mol. The third-order valence-corrected chi connectivity index (χ3v) is 1.04. The summed E-state index contributed by atoms with van der Waals surface area (Å²) in [5, 5.41) is 2.73. The van der Waals surface area contributed by atoms with Gasteiger partial charge in [-0.2, -0.15) is 15.0 Å². The first-order valence-corrected chi connectivity index (χ1v) is 3.22. The summed E-state index contributed by atoms with van der Waals surface area (Å²) in [6.07, 6.45) is 0. The molecule has 0 bridgehead atoms. The Balaban J connectivity index is 2.72. The van der Waals surface area contributed by atoms with Gasteiger partial charge in [-0.1, -0.05) is 0 Å². The molecule has 0 saturated heterocycles. The maximum Gasteiger partial charge on any atom is 0.231 e. The minimum Gasteiger partial charge on any atom is -0.368 e. The lowest BCUT2D eigenvalue weighted by Gasteiger charge is -2.03. The number of anilines is 3. The lowest BCUT2D eigenvalue weighted by Crippen LogP contribution is -2.10. The summed E-state index contributed by atoms with van der Waals surface area (Å²) in [6, 6.07) is 0. The summed E-state index contributed by atoms with van der Waals surface area (Å²) >= 11 is 0. The maximum absolute atomic E-state index is 5.31. The molecule has 1 aromatic heterocycles. The number of nitrogens with zero attached hydrogens (tertiary/aromatic N) is 3. The molecule has 0 fully saturated rings. The van der Waals surface area contributed by atoms with Gasteiger partial charge < -0.3 is 21.5 Å². The first-order chi connectivity index (χ1) is 5.72. The Morgan fingerprint density at radius 3 is 2.33 bits per heavy atom. The molecule has 12 heavy (non-hydrogen) atoms. The summed E-state index contributed by atoms with van der Waals surface area (Å²) < 4.78 is 4.73. The van der Waals surface area contributed by atoms with Crippen LogP contribution in [-0.4, -0.2) is 28.8 Å². The second kappa shape index (κ2) is 3.67. The van der Waals surface area contributed by atoms with E-state index in [-0.39, 0.29) is 11.9 Å². The number of ether oxygens (including phenoxy) is 1. The average Bonchev–Trinajstić information content (AvgIpc) is 1.99.